The number of hydrogen-bond acceptors (Lipinski definition) is 5. The maximum absolute atomic E-state index is 11.8. The Morgan fingerprint density at radius 3 is 2.50 bits per heavy atom. The molecule has 6 heteroatoms. The number of hydrogen-bond donors (Lipinski definition) is 1. The molecule has 1 saturated heterocycles. The van der Waals surface area contributed by atoms with Crippen molar-refractivity contribution in [2.75, 3.05) is 12.0 Å². The molecule has 0 spiro atoms. The minimum Gasteiger partial charge on any atom is -0.466 e. The molecule has 104 valence electrons. The van der Waals surface area contributed by atoms with E-state index < -0.39 is 17.9 Å². The van der Waals surface area contributed by atoms with E-state index in [0.717, 1.165) is 10.5 Å². The number of carbonyl (C=O) groups is 3. The number of nitrogens with zero attached hydrogens (tertiary/aromatic N) is 1. The van der Waals surface area contributed by atoms with Gasteiger partial charge in [-0.1, -0.05) is 12.1 Å². The number of imide groups is 1. The normalized spacial score (nSPS) is 18.9. The minimum absolute atomic E-state index is 0.0306. The largest absolute Gasteiger partial charge is 0.466 e. The zero-order valence-electron chi connectivity index (χ0n) is 10.9. The summed E-state index contributed by atoms with van der Waals surface area (Å²) in [6.07, 6.45) is 2.90. The van der Waals surface area contributed by atoms with E-state index in [2.05, 4.69) is 4.74 Å². The van der Waals surface area contributed by atoms with E-state index in [1.54, 1.807) is 30.3 Å². The van der Waals surface area contributed by atoms with Crippen molar-refractivity contribution in [1.82, 2.24) is 0 Å². The predicted octanol–water partition coefficient (Wildman–Crippen LogP) is 0.463. The lowest BCUT2D eigenvalue weighted by Gasteiger charge is -2.14. The summed E-state index contributed by atoms with van der Waals surface area (Å²) in [6.45, 7) is 0. The van der Waals surface area contributed by atoms with Crippen LogP contribution in [0.5, 0.6) is 0 Å². The van der Waals surface area contributed by atoms with Gasteiger partial charge in [-0.05, 0) is 23.8 Å². The number of methoxy groups -OCH3 is 1. The van der Waals surface area contributed by atoms with Crippen LogP contribution in [-0.4, -0.2) is 30.9 Å². The Bertz CT molecular complexity index is 577. The Morgan fingerprint density at radius 2 is 2.00 bits per heavy atom. The first-order valence-corrected chi connectivity index (χ1v) is 6.01. The highest BCUT2D eigenvalue weighted by Gasteiger charge is 2.36. The maximum Gasteiger partial charge on any atom is 0.330 e. The van der Waals surface area contributed by atoms with E-state index in [4.69, 9.17) is 5.73 Å². The molecule has 1 heterocycles. The van der Waals surface area contributed by atoms with E-state index in [9.17, 15) is 14.4 Å². The lowest BCUT2D eigenvalue weighted by Crippen LogP contribution is -2.35. The third-order valence-electron chi connectivity index (χ3n) is 2.95. The van der Waals surface area contributed by atoms with E-state index in [-0.39, 0.29) is 12.3 Å². The van der Waals surface area contributed by atoms with Crippen molar-refractivity contribution >= 4 is 29.5 Å². The van der Waals surface area contributed by atoms with Crippen LogP contribution in [-0.2, 0) is 19.1 Å². The summed E-state index contributed by atoms with van der Waals surface area (Å²) >= 11 is 0. The number of ether oxygens (including phenoxy) is 1. The summed E-state index contributed by atoms with van der Waals surface area (Å²) in [7, 11) is 1.30. The first kappa shape index (κ1) is 14.0. The van der Waals surface area contributed by atoms with Gasteiger partial charge in [-0.3, -0.25) is 9.59 Å². The number of anilines is 1. The highest BCUT2D eigenvalue weighted by Crippen LogP contribution is 2.22. The number of nitrogens with two attached hydrogens (primary N) is 1. The third-order valence-corrected chi connectivity index (χ3v) is 2.95. The van der Waals surface area contributed by atoms with Gasteiger partial charge in [-0.25, -0.2) is 9.69 Å². The van der Waals surface area contributed by atoms with Gasteiger partial charge in [0, 0.05) is 6.08 Å². The first-order chi connectivity index (χ1) is 9.52. The Kier molecular flexibility index (Phi) is 3.95. The van der Waals surface area contributed by atoms with Crippen molar-refractivity contribution in [3.05, 3.63) is 35.9 Å². The van der Waals surface area contributed by atoms with Crippen LogP contribution < -0.4 is 10.6 Å². The molecule has 1 atom stereocenters. The van der Waals surface area contributed by atoms with Gasteiger partial charge in [0.2, 0.25) is 5.91 Å². The Balaban J connectivity index is 2.16. The summed E-state index contributed by atoms with van der Waals surface area (Å²) in [4.78, 5) is 35.5. The average Bonchev–Trinajstić information content (AvgIpc) is 2.70. The second-order valence-electron chi connectivity index (χ2n) is 4.33. The molecule has 0 aliphatic carbocycles. The molecular formula is C14H14N2O4. The number of carbonyl (C=O) groups excluding carboxylic acids is 3. The van der Waals surface area contributed by atoms with Crippen molar-refractivity contribution in [2.24, 2.45) is 5.73 Å². The summed E-state index contributed by atoms with van der Waals surface area (Å²) < 4.78 is 4.48. The van der Waals surface area contributed by atoms with Crippen LogP contribution in [0.3, 0.4) is 0 Å². The lowest BCUT2D eigenvalue weighted by molar-refractivity contribution is -0.134. The Hall–Kier alpha value is -2.47. The topological polar surface area (TPSA) is 89.7 Å². The molecule has 0 radical (unpaired) electrons. The van der Waals surface area contributed by atoms with Gasteiger partial charge in [0.1, 0.15) is 0 Å². The molecule has 2 N–H and O–H groups in total. The molecule has 1 aliphatic rings. The molecule has 1 aromatic carbocycles. The summed E-state index contributed by atoms with van der Waals surface area (Å²) in [6, 6.07) is 5.88. The molecule has 0 saturated carbocycles. The Labute approximate surface area is 115 Å². The Morgan fingerprint density at radius 1 is 1.35 bits per heavy atom. The molecule has 0 aromatic heterocycles. The van der Waals surface area contributed by atoms with Crippen LogP contribution in [0.25, 0.3) is 6.08 Å². The van der Waals surface area contributed by atoms with Crippen LogP contribution in [0.15, 0.2) is 30.3 Å². The fourth-order valence-electron chi connectivity index (χ4n) is 1.89. The molecule has 2 amide bonds. The quantitative estimate of drug-likeness (QED) is 0.491. The van der Waals surface area contributed by atoms with Crippen LogP contribution in [0.1, 0.15) is 12.0 Å². The van der Waals surface area contributed by atoms with Gasteiger partial charge in [-0.2, -0.15) is 0 Å². The van der Waals surface area contributed by atoms with Gasteiger partial charge in [0.25, 0.3) is 5.91 Å². The van der Waals surface area contributed by atoms with Crippen LogP contribution in [0.2, 0.25) is 0 Å². The van der Waals surface area contributed by atoms with E-state index >= 15 is 0 Å². The summed E-state index contributed by atoms with van der Waals surface area (Å²) in [5, 5.41) is 0. The van der Waals surface area contributed by atoms with Crippen molar-refractivity contribution in [3.63, 3.8) is 0 Å². The molecule has 6 nitrogen and oxygen atoms in total. The van der Waals surface area contributed by atoms with Gasteiger partial charge >= 0.3 is 5.97 Å². The predicted molar refractivity (Wildman–Crippen MR) is 72.6 cm³/mol. The van der Waals surface area contributed by atoms with Gasteiger partial charge in [-0.15, -0.1) is 0 Å². The molecule has 1 aromatic rings. The fraction of sp³-hybridized carbons (Fsp3) is 0.214. The van der Waals surface area contributed by atoms with Crippen LogP contribution in [0.4, 0.5) is 5.69 Å². The molecule has 0 bridgehead atoms. The van der Waals surface area contributed by atoms with Crippen molar-refractivity contribution in [1.29, 1.82) is 0 Å². The van der Waals surface area contributed by atoms with E-state index in [0.29, 0.717) is 5.69 Å². The van der Waals surface area contributed by atoms with Crippen molar-refractivity contribution in [2.45, 2.75) is 12.5 Å². The van der Waals surface area contributed by atoms with Crippen LogP contribution >= 0.6 is 0 Å². The van der Waals surface area contributed by atoms with Crippen LogP contribution in [0, 0.1) is 0 Å². The minimum atomic E-state index is -0.763. The van der Waals surface area contributed by atoms with E-state index in [1.807, 2.05) is 0 Å². The highest BCUT2D eigenvalue weighted by molar-refractivity contribution is 6.22. The third kappa shape index (κ3) is 2.75. The summed E-state index contributed by atoms with van der Waals surface area (Å²) in [5.41, 5.74) is 6.78. The second kappa shape index (κ2) is 5.66. The molecule has 2 rings (SSSR count). The van der Waals surface area contributed by atoms with Gasteiger partial charge in [0.15, 0.2) is 0 Å². The second-order valence-corrected chi connectivity index (χ2v) is 4.33. The molecular weight excluding hydrogens is 260 g/mol. The summed E-state index contributed by atoms with van der Waals surface area (Å²) in [5.74, 6) is -1.15. The zero-order chi connectivity index (χ0) is 14.7. The average molecular weight is 274 g/mol. The molecule has 20 heavy (non-hydrogen) atoms. The number of benzene rings is 1. The smallest absolute Gasteiger partial charge is 0.330 e. The molecule has 1 fully saturated rings. The first-order valence-electron chi connectivity index (χ1n) is 6.01. The fourth-order valence-corrected chi connectivity index (χ4v) is 1.89. The number of rotatable bonds is 3. The SMILES string of the molecule is COC(=O)C=Cc1ccc(N2C(=O)CC(N)C2=O)cc1. The monoisotopic (exact) mass is 274 g/mol. The lowest BCUT2D eigenvalue weighted by atomic mass is 10.2. The number of amides is 2. The standard InChI is InChI=1S/C14H14N2O4/c1-20-13(18)7-4-9-2-5-10(6-3-9)16-12(17)8-11(15)14(16)19/h2-7,11H,8,15H2,1H3. The van der Waals surface area contributed by atoms with E-state index in [1.165, 1.54) is 13.2 Å². The van der Waals surface area contributed by atoms with Gasteiger partial charge in [0.05, 0.1) is 25.3 Å². The molecule has 1 unspecified atom stereocenters. The number of esters is 1. The van der Waals surface area contributed by atoms with Crippen molar-refractivity contribution in [3.8, 4) is 0 Å². The zero-order valence-corrected chi connectivity index (χ0v) is 10.9. The highest BCUT2D eigenvalue weighted by atomic mass is 16.5. The molecule has 1 aliphatic heterocycles. The maximum atomic E-state index is 11.8. The van der Waals surface area contributed by atoms with Gasteiger partial charge < -0.3 is 10.5 Å². The van der Waals surface area contributed by atoms with Crippen molar-refractivity contribution < 1.29 is 19.1 Å².